The number of aliphatic hydroxyl groups is 1. The van der Waals surface area contributed by atoms with E-state index in [0.717, 1.165) is 50.0 Å². The number of H-pyrrole nitrogens is 1. The molecule has 0 fully saturated rings. The van der Waals surface area contributed by atoms with Gasteiger partial charge < -0.3 is 19.7 Å². The zero-order valence-corrected chi connectivity index (χ0v) is 17.3. The zero-order valence-electron chi connectivity index (χ0n) is 17.3. The molecule has 0 bridgehead atoms. The van der Waals surface area contributed by atoms with Gasteiger partial charge >= 0.3 is 0 Å². The first-order valence-electron chi connectivity index (χ1n) is 10.8. The largest absolute Gasteiger partial charge is 0.396 e. The summed E-state index contributed by atoms with van der Waals surface area (Å²) in [5.74, 6) is 0.207. The Kier molecular flexibility index (Phi) is 7.13. The van der Waals surface area contributed by atoms with Gasteiger partial charge in [0.25, 0.3) is 0 Å². The minimum atomic E-state index is -0.519. The van der Waals surface area contributed by atoms with Crippen molar-refractivity contribution in [3.05, 3.63) is 35.5 Å². The summed E-state index contributed by atoms with van der Waals surface area (Å²) < 4.78 is 6.36. The first-order chi connectivity index (χ1) is 13.6. The molecule has 0 spiro atoms. The molecule has 154 valence electrons. The van der Waals surface area contributed by atoms with Crippen molar-refractivity contribution in [1.29, 1.82) is 0 Å². The van der Waals surface area contributed by atoms with Crippen molar-refractivity contribution in [2.75, 3.05) is 26.3 Å². The highest BCUT2D eigenvalue weighted by atomic mass is 16.5. The van der Waals surface area contributed by atoms with Crippen molar-refractivity contribution in [3.8, 4) is 0 Å². The number of carbonyl (C=O) groups is 1. The molecule has 1 aromatic heterocycles. The van der Waals surface area contributed by atoms with E-state index in [4.69, 9.17) is 4.74 Å². The van der Waals surface area contributed by atoms with Crippen LogP contribution in [0, 0.1) is 0 Å². The smallest absolute Gasteiger partial charge is 0.222 e. The lowest BCUT2D eigenvalue weighted by atomic mass is 9.83. The monoisotopic (exact) mass is 386 g/mol. The number of aromatic nitrogens is 1. The molecule has 2 aromatic rings. The topological polar surface area (TPSA) is 65.6 Å². The zero-order chi connectivity index (χ0) is 20.0. The number of aromatic amines is 1. The van der Waals surface area contributed by atoms with Crippen LogP contribution >= 0.6 is 0 Å². The highest BCUT2D eigenvalue weighted by molar-refractivity contribution is 5.85. The Morgan fingerprint density at radius 2 is 1.96 bits per heavy atom. The van der Waals surface area contributed by atoms with Crippen LogP contribution in [0.25, 0.3) is 10.9 Å². The van der Waals surface area contributed by atoms with E-state index < -0.39 is 5.60 Å². The maximum Gasteiger partial charge on any atom is 0.222 e. The van der Waals surface area contributed by atoms with Crippen LogP contribution in [0.4, 0.5) is 0 Å². The first-order valence-corrected chi connectivity index (χ1v) is 10.8. The van der Waals surface area contributed by atoms with Crippen LogP contribution in [0.5, 0.6) is 0 Å². The molecule has 1 aliphatic heterocycles. The number of hydrogen-bond donors (Lipinski definition) is 2. The van der Waals surface area contributed by atoms with Gasteiger partial charge in [-0.2, -0.15) is 0 Å². The quantitative estimate of drug-likeness (QED) is 0.645. The van der Waals surface area contributed by atoms with Gasteiger partial charge in [0, 0.05) is 37.0 Å². The van der Waals surface area contributed by atoms with Crippen molar-refractivity contribution in [2.45, 2.75) is 64.4 Å². The molecule has 1 atom stereocenters. The molecule has 1 aliphatic rings. The summed E-state index contributed by atoms with van der Waals surface area (Å²) in [7, 11) is 0. The summed E-state index contributed by atoms with van der Waals surface area (Å²) in [5, 5.41) is 10.7. The van der Waals surface area contributed by atoms with Gasteiger partial charge in [0.2, 0.25) is 5.91 Å². The van der Waals surface area contributed by atoms with Crippen molar-refractivity contribution in [1.82, 2.24) is 9.88 Å². The van der Waals surface area contributed by atoms with Crippen LogP contribution in [0.3, 0.4) is 0 Å². The van der Waals surface area contributed by atoms with Gasteiger partial charge in [0.1, 0.15) is 5.60 Å². The third-order valence-electron chi connectivity index (χ3n) is 5.82. The average molecular weight is 387 g/mol. The fraction of sp³-hybridized carbons (Fsp3) is 0.609. The SMILES string of the molecule is CCCN(CCC)C(=O)CCC1(CCCO)OCCc2c1[nH]c1ccccc21. The van der Waals surface area contributed by atoms with Crippen LogP contribution in [-0.4, -0.2) is 47.2 Å². The number of ether oxygens (including phenoxy) is 1. The predicted molar refractivity (Wildman–Crippen MR) is 112 cm³/mol. The highest BCUT2D eigenvalue weighted by Crippen LogP contribution is 2.43. The minimum Gasteiger partial charge on any atom is -0.396 e. The van der Waals surface area contributed by atoms with Crippen molar-refractivity contribution in [3.63, 3.8) is 0 Å². The van der Waals surface area contributed by atoms with E-state index in [9.17, 15) is 9.90 Å². The lowest BCUT2D eigenvalue weighted by Gasteiger charge is -2.38. The molecular formula is C23H34N2O3. The van der Waals surface area contributed by atoms with E-state index in [1.807, 2.05) is 11.0 Å². The lowest BCUT2D eigenvalue weighted by molar-refractivity contribution is -0.135. The Balaban J connectivity index is 1.87. The second-order valence-corrected chi connectivity index (χ2v) is 7.82. The van der Waals surface area contributed by atoms with Gasteiger partial charge in [-0.25, -0.2) is 0 Å². The molecule has 0 saturated heterocycles. The third-order valence-corrected chi connectivity index (χ3v) is 5.82. The van der Waals surface area contributed by atoms with Gasteiger partial charge in [-0.05, 0) is 50.2 Å². The van der Waals surface area contributed by atoms with E-state index in [1.54, 1.807) is 0 Å². The van der Waals surface area contributed by atoms with E-state index >= 15 is 0 Å². The van der Waals surface area contributed by atoms with Crippen molar-refractivity contribution < 1.29 is 14.6 Å². The lowest BCUT2D eigenvalue weighted by Crippen LogP contribution is -2.39. The van der Waals surface area contributed by atoms with Gasteiger partial charge in [-0.3, -0.25) is 4.79 Å². The van der Waals surface area contributed by atoms with Crippen LogP contribution in [0.15, 0.2) is 24.3 Å². The number of nitrogens with zero attached hydrogens (tertiary/aromatic N) is 1. The minimum absolute atomic E-state index is 0.131. The Morgan fingerprint density at radius 3 is 2.68 bits per heavy atom. The van der Waals surface area contributed by atoms with Crippen LogP contribution in [-0.2, 0) is 21.6 Å². The summed E-state index contributed by atoms with van der Waals surface area (Å²) in [6, 6.07) is 8.36. The maximum atomic E-state index is 12.9. The molecule has 2 heterocycles. The summed E-state index contributed by atoms with van der Waals surface area (Å²) in [4.78, 5) is 18.4. The molecule has 1 amide bonds. The molecule has 1 unspecified atom stereocenters. The summed E-state index contributed by atoms with van der Waals surface area (Å²) in [6.45, 7) is 6.64. The Morgan fingerprint density at radius 1 is 1.21 bits per heavy atom. The van der Waals surface area contributed by atoms with Crippen molar-refractivity contribution >= 4 is 16.8 Å². The van der Waals surface area contributed by atoms with E-state index in [-0.39, 0.29) is 12.5 Å². The second kappa shape index (κ2) is 9.57. The molecule has 3 rings (SSSR count). The van der Waals surface area contributed by atoms with Gasteiger partial charge in [-0.1, -0.05) is 32.0 Å². The molecule has 1 aromatic carbocycles. The van der Waals surface area contributed by atoms with E-state index in [1.165, 1.54) is 10.9 Å². The number of nitrogens with one attached hydrogen (secondary N) is 1. The summed E-state index contributed by atoms with van der Waals surface area (Å²) in [5.41, 5.74) is 3.02. The molecule has 0 aliphatic carbocycles. The van der Waals surface area contributed by atoms with Crippen LogP contribution < -0.4 is 0 Å². The molecular weight excluding hydrogens is 352 g/mol. The van der Waals surface area contributed by atoms with Gasteiger partial charge in [0.05, 0.1) is 12.3 Å². The summed E-state index contributed by atoms with van der Waals surface area (Å²) in [6.07, 6.45) is 5.34. The number of benzene rings is 1. The Labute approximate surface area is 168 Å². The molecule has 5 nitrogen and oxygen atoms in total. The highest BCUT2D eigenvalue weighted by Gasteiger charge is 2.40. The number of rotatable bonds is 10. The normalized spacial score (nSPS) is 19.0. The second-order valence-electron chi connectivity index (χ2n) is 7.82. The molecule has 2 N–H and O–H groups in total. The molecule has 28 heavy (non-hydrogen) atoms. The number of hydrogen-bond acceptors (Lipinski definition) is 3. The predicted octanol–water partition coefficient (Wildman–Crippen LogP) is 4.14. The average Bonchev–Trinajstić information content (AvgIpc) is 3.10. The molecule has 0 radical (unpaired) electrons. The van der Waals surface area contributed by atoms with Gasteiger partial charge in [0.15, 0.2) is 0 Å². The number of carbonyl (C=O) groups excluding carboxylic acids is 1. The summed E-state index contributed by atoms with van der Waals surface area (Å²) >= 11 is 0. The number of para-hydroxylation sites is 1. The standard InChI is InChI=1S/C23H34N2O3/c1-3-14-25(15-4-2)21(27)10-13-23(12-7-16-26)22-19(11-17-28-23)18-8-5-6-9-20(18)24-22/h5-6,8-9,24,26H,3-4,7,10-17H2,1-2H3. The van der Waals surface area contributed by atoms with Crippen molar-refractivity contribution in [2.24, 2.45) is 0 Å². The first kappa shape index (κ1) is 20.9. The number of amides is 1. The maximum absolute atomic E-state index is 12.9. The van der Waals surface area contributed by atoms with Crippen LogP contribution in [0.2, 0.25) is 0 Å². The number of aliphatic hydroxyl groups excluding tert-OH is 1. The fourth-order valence-electron chi connectivity index (χ4n) is 4.52. The third kappa shape index (κ3) is 4.26. The van der Waals surface area contributed by atoms with E-state index in [0.29, 0.717) is 25.9 Å². The molecule has 5 heteroatoms. The van der Waals surface area contributed by atoms with Crippen LogP contribution in [0.1, 0.15) is 63.6 Å². The Hall–Kier alpha value is -1.85. The fourth-order valence-corrected chi connectivity index (χ4v) is 4.52. The number of fused-ring (bicyclic) bond motifs is 3. The van der Waals surface area contributed by atoms with E-state index in [2.05, 4.69) is 37.0 Å². The molecule has 0 saturated carbocycles. The van der Waals surface area contributed by atoms with Gasteiger partial charge in [-0.15, -0.1) is 0 Å². The Bertz CT molecular complexity index is 779.